The average molecular weight is 259 g/mol. The second-order valence-corrected chi connectivity index (χ2v) is 5.32. The fraction of sp³-hybridized carbons (Fsp3) is 0.231. The van der Waals surface area contributed by atoms with Crippen molar-refractivity contribution in [3.63, 3.8) is 0 Å². The van der Waals surface area contributed by atoms with Crippen LogP contribution in [0.2, 0.25) is 0 Å². The van der Waals surface area contributed by atoms with E-state index in [-0.39, 0.29) is 0 Å². The lowest BCUT2D eigenvalue weighted by Crippen LogP contribution is -1.95. The summed E-state index contributed by atoms with van der Waals surface area (Å²) in [6.45, 7) is 4.17. The fourth-order valence-corrected chi connectivity index (χ4v) is 2.54. The molecule has 0 atom stereocenters. The van der Waals surface area contributed by atoms with E-state index >= 15 is 0 Å². The number of aromatic nitrogens is 2. The zero-order chi connectivity index (χ0) is 12.7. The van der Waals surface area contributed by atoms with Gasteiger partial charge in [0, 0.05) is 5.92 Å². The maximum Gasteiger partial charge on any atom is 0.199 e. The fourth-order valence-electron chi connectivity index (χ4n) is 1.77. The Morgan fingerprint density at radius 1 is 1.22 bits per heavy atom. The van der Waals surface area contributed by atoms with E-state index in [1.165, 1.54) is 0 Å². The van der Waals surface area contributed by atoms with Gasteiger partial charge in [-0.3, -0.25) is 0 Å². The molecule has 0 bridgehead atoms. The third kappa shape index (κ3) is 1.76. The number of thiophene rings is 1. The van der Waals surface area contributed by atoms with E-state index in [1.807, 2.05) is 23.6 Å². The van der Waals surface area contributed by atoms with E-state index in [2.05, 4.69) is 23.8 Å². The molecule has 0 fully saturated rings. The molecule has 0 aliphatic carbocycles. The van der Waals surface area contributed by atoms with Gasteiger partial charge >= 0.3 is 0 Å². The van der Waals surface area contributed by atoms with Crippen molar-refractivity contribution in [3.8, 4) is 11.6 Å². The zero-order valence-electron chi connectivity index (χ0n) is 10.2. The van der Waals surface area contributed by atoms with Crippen LogP contribution in [0, 0.1) is 0 Å². The number of nitrogen functional groups attached to an aromatic ring is 1. The van der Waals surface area contributed by atoms with Crippen LogP contribution in [0.4, 0.5) is 5.82 Å². The Morgan fingerprint density at radius 3 is 2.78 bits per heavy atom. The monoisotopic (exact) mass is 259 g/mol. The van der Waals surface area contributed by atoms with Crippen LogP contribution in [0.5, 0.6) is 0 Å². The van der Waals surface area contributed by atoms with Crippen LogP contribution >= 0.6 is 11.3 Å². The highest BCUT2D eigenvalue weighted by atomic mass is 32.1. The second-order valence-electron chi connectivity index (χ2n) is 4.43. The summed E-state index contributed by atoms with van der Waals surface area (Å²) in [5.41, 5.74) is 5.92. The molecule has 3 aromatic heterocycles. The van der Waals surface area contributed by atoms with Crippen molar-refractivity contribution in [1.29, 1.82) is 0 Å². The molecule has 3 rings (SSSR count). The summed E-state index contributed by atoms with van der Waals surface area (Å²) < 4.78 is 5.74. The van der Waals surface area contributed by atoms with E-state index < -0.39 is 0 Å². The van der Waals surface area contributed by atoms with Crippen molar-refractivity contribution in [1.82, 2.24) is 9.97 Å². The lowest BCUT2D eigenvalue weighted by Gasteiger charge is -2.01. The maximum absolute atomic E-state index is 5.92. The molecular formula is C13H13N3OS. The molecule has 0 aromatic carbocycles. The third-order valence-electron chi connectivity index (χ3n) is 2.77. The van der Waals surface area contributed by atoms with Gasteiger partial charge in [0.05, 0.1) is 5.39 Å². The van der Waals surface area contributed by atoms with Crippen LogP contribution in [0.3, 0.4) is 0 Å². The molecule has 92 valence electrons. The summed E-state index contributed by atoms with van der Waals surface area (Å²) in [7, 11) is 0. The largest absolute Gasteiger partial charge is 0.457 e. The molecule has 0 aliphatic heterocycles. The standard InChI is InChI=1S/C13H13N3OS/c1-7(2)9-3-4-10(17-9)12-15-11(14)8-5-6-18-13(8)16-12/h3-7H,1-2H3,(H2,14,15,16). The van der Waals surface area contributed by atoms with Gasteiger partial charge in [-0.15, -0.1) is 11.3 Å². The van der Waals surface area contributed by atoms with Crippen molar-refractivity contribution < 1.29 is 4.42 Å². The molecule has 0 spiro atoms. The number of hydrogen-bond acceptors (Lipinski definition) is 5. The highest BCUT2D eigenvalue weighted by molar-refractivity contribution is 7.16. The van der Waals surface area contributed by atoms with Crippen molar-refractivity contribution in [3.05, 3.63) is 29.3 Å². The molecule has 2 N–H and O–H groups in total. The number of fused-ring (bicyclic) bond motifs is 1. The van der Waals surface area contributed by atoms with Gasteiger partial charge in [-0.1, -0.05) is 13.8 Å². The van der Waals surface area contributed by atoms with Gasteiger partial charge < -0.3 is 10.2 Å². The Balaban J connectivity index is 2.12. The molecule has 0 unspecified atom stereocenters. The van der Waals surface area contributed by atoms with Crippen LogP contribution in [0.25, 0.3) is 21.8 Å². The van der Waals surface area contributed by atoms with Gasteiger partial charge in [0.2, 0.25) is 0 Å². The molecular weight excluding hydrogens is 246 g/mol. The first-order valence-corrected chi connectivity index (χ1v) is 6.64. The van der Waals surface area contributed by atoms with E-state index in [0.717, 1.165) is 16.0 Å². The molecule has 3 heterocycles. The number of nitrogens with two attached hydrogens (primary N) is 1. The van der Waals surface area contributed by atoms with Gasteiger partial charge in [-0.05, 0) is 23.6 Å². The number of nitrogens with zero attached hydrogens (tertiary/aromatic N) is 2. The molecule has 0 amide bonds. The molecule has 5 heteroatoms. The predicted octanol–water partition coefficient (Wildman–Crippen LogP) is 3.66. The van der Waals surface area contributed by atoms with Crippen LogP contribution in [-0.4, -0.2) is 9.97 Å². The Morgan fingerprint density at radius 2 is 2.06 bits per heavy atom. The molecule has 0 aliphatic rings. The van der Waals surface area contributed by atoms with Gasteiger partial charge in [-0.2, -0.15) is 0 Å². The zero-order valence-corrected chi connectivity index (χ0v) is 11.0. The van der Waals surface area contributed by atoms with E-state index in [4.69, 9.17) is 10.2 Å². The number of hydrogen-bond donors (Lipinski definition) is 1. The first kappa shape index (κ1) is 11.2. The highest BCUT2D eigenvalue weighted by Gasteiger charge is 2.13. The summed E-state index contributed by atoms with van der Waals surface area (Å²) in [5, 5.41) is 2.86. The Kier molecular flexibility index (Phi) is 2.56. The van der Waals surface area contributed by atoms with Crippen LogP contribution in [0.1, 0.15) is 25.5 Å². The maximum atomic E-state index is 5.92. The van der Waals surface area contributed by atoms with Crippen molar-refractivity contribution in [2.45, 2.75) is 19.8 Å². The normalized spacial score (nSPS) is 11.5. The Hall–Kier alpha value is -1.88. The summed E-state index contributed by atoms with van der Waals surface area (Å²) in [6.07, 6.45) is 0. The number of rotatable bonds is 2. The minimum atomic E-state index is 0.349. The minimum absolute atomic E-state index is 0.349. The Bertz CT molecular complexity index is 699. The summed E-state index contributed by atoms with van der Waals surface area (Å²) in [4.78, 5) is 9.66. The van der Waals surface area contributed by atoms with Gasteiger partial charge in [0.1, 0.15) is 16.4 Å². The molecule has 0 radical (unpaired) electrons. The van der Waals surface area contributed by atoms with E-state index in [0.29, 0.717) is 23.3 Å². The molecule has 4 nitrogen and oxygen atoms in total. The topological polar surface area (TPSA) is 64.9 Å². The van der Waals surface area contributed by atoms with Crippen LogP contribution in [0.15, 0.2) is 28.0 Å². The quantitative estimate of drug-likeness (QED) is 0.762. The lowest BCUT2D eigenvalue weighted by molar-refractivity contribution is 0.496. The number of anilines is 1. The second kappa shape index (κ2) is 4.10. The van der Waals surface area contributed by atoms with Crippen LogP contribution in [-0.2, 0) is 0 Å². The molecule has 0 saturated heterocycles. The van der Waals surface area contributed by atoms with Crippen molar-refractivity contribution >= 4 is 27.4 Å². The summed E-state index contributed by atoms with van der Waals surface area (Å²) >= 11 is 1.55. The van der Waals surface area contributed by atoms with Gasteiger partial charge in [0.25, 0.3) is 0 Å². The molecule has 3 aromatic rings. The van der Waals surface area contributed by atoms with E-state index in [9.17, 15) is 0 Å². The summed E-state index contributed by atoms with van der Waals surface area (Å²) in [5.74, 6) is 2.99. The van der Waals surface area contributed by atoms with Gasteiger partial charge in [0.15, 0.2) is 11.6 Å². The Labute approximate surface area is 108 Å². The first-order chi connectivity index (χ1) is 8.65. The predicted molar refractivity (Wildman–Crippen MR) is 73.6 cm³/mol. The van der Waals surface area contributed by atoms with Crippen molar-refractivity contribution in [2.75, 3.05) is 5.73 Å². The first-order valence-electron chi connectivity index (χ1n) is 5.76. The highest BCUT2D eigenvalue weighted by Crippen LogP contribution is 2.28. The lowest BCUT2D eigenvalue weighted by atomic mass is 10.2. The van der Waals surface area contributed by atoms with Gasteiger partial charge in [-0.25, -0.2) is 9.97 Å². The van der Waals surface area contributed by atoms with Crippen LogP contribution < -0.4 is 5.73 Å². The average Bonchev–Trinajstić information content (AvgIpc) is 2.97. The third-order valence-corrected chi connectivity index (χ3v) is 3.58. The molecule has 0 saturated carbocycles. The number of furan rings is 1. The molecule has 18 heavy (non-hydrogen) atoms. The van der Waals surface area contributed by atoms with Crippen molar-refractivity contribution in [2.24, 2.45) is 0 Å². The minimum Gasteiger partial charge on any atom is -0.457 e. The SMILES string of the molecule is CC(C)c1ccc(-c2nc(N)c3ccsc3n2)o1. The van der Waals surface area contributed by atoms with E-state index in [1.54, 1.807) is 11.3 Å². The smallest absolute Gasteiger partial charge is 0.199 e. The summed E-state index contributed by atoms with van der Waals surface area (Å²) in [6, 6.07) is 5.78.